The van der Waals surface area contributed by atoms with Crippen molar-refractivity contribution in [2.75, 3.05) is 5.32 Å². The van der Waals surface area contributed by atoms with Crippen molar-refractivity contribution in [2.24, 2.45) is 0 Å². The summed E-state index contributed by atoms with van der Waals surface area (Å²) in [4.78, 5) is 12.3. The van der Waals surface area contributed by atoms with Crippen LogP contribution in [-0.2, 0) is 6.54 Å². The Hall–Kier alpha value is -2.12. The Bertz CT molecular complexity index is 885. The van der Waals surface area contributed by atoms with E-state index in [-0.39, 0.29) is 5.91 Å². The molecular formula is C16H15BrClN5O. The van der Waals surface area contributed by atoms with Gasteiger partial charge in [0, 0.05) is 5.02 Å². The van der Waals surface area contributed by atoms with Crippen molar-refractivity contribution in [1.82, 2.24) is 20.0 Å². The standard InChI is InChI=1S/C16H15BrClN5O/c1-9-14(20-16(24)15-13(17)7-19-21-15)10(2)23(22-9)8-11-3-5-12(18)6-4-11/h3-7H,8H2,1-2H3,(H,19,21)(H,20,24). The van der Waals surface area contributed by atoms with Gasteiger partial charge in [0.15, 0.2) is 0 Å². The molecule has 0 atom stereocenters. The summed E-state index contributed by atoms with van der Waals surface area (Å²) >= 11 is 9.20. The third-order valence-electron chi connectivity index (χ3n) is 3.69. The number of hydrogen-bond donors (Lipinski definition) is 2. The lowest BCUT2D eigenvalue weighted by Gasteiger charge is -2.07. The molecule has 0 bridgehead atoms. The van der Waals surface area contributed by atoms with E-state index in [1.54, 1.807) is 6.20 Å². The van der Waals surface area contributed by atoms with Crippen LogP contribution in [0.2, 0.25) is 5.02 Å². The predicted molar refractivity (Wildman–Crippen MR) is 96.5 cm³/mol. The second kappa shape index (κ2) is 6.78. The van der Waals surface area contributed by atoms with E-state index in [4.69, 9.17) is 11.6 Å². The Labute approximate surface area is 152 Å². The zero-order valence-corrected chi connectivity index (χ0v) is 15.4. The average Bonchev–Trinajstić information content (AvgIpc) is 3.08. The first-order valence-corrected chi connectivity index (χ1v) is 8.41. The van der Waals surface area contributed by atoms with E-state index in [9.17, 15) is 4.79 Å². The van der Waals surface area contributed by atoms with Gasteiger partial charge in [-0.3, -0.25) is 14.6 Å². The fourth-order valence-corrected chi connectivity index (χ4v) is 2.90. The third kappa shape index (κ3) is 3.37. The number of carbonyl (C=O) groups is 1. The Balaban J connectivity index is 1.82. The number of anilines is 1. The molecule has 124 valence electrons. The van der Waals surface area contributed by atoms with Gasteiger partial charge in [-0.1, -0.05) is 23.7 Å². The zero-order chi connectivity index (χ0) is 17.3. The number of aryl methyl sites for hydroxylation is 1. The number of rotatable bonds is 4. The maximum atomic E-state index is 12.3. The first-order chi connectivity index (χ1) is 11.5. The van der Waals surface area contributed by atoms with Gasteiger partial charge in [0.25, 0.3) is 5.91 Å². The summed E-state index contributed by atoms with van der Waals surface area (Å²) in [6.45, 7) is 4.39. The van der Waals surface area contributed by atoms with E-state index in [1.165, 1.54) is 0 Å². The van der Waals surface area contributed by atoms with Gasteiger partial charge < -0.3 is 5.32 Å². The maximum absolute atomic E-state index is 12.3. The molecule has 8 heteroatoms. The molecule has 2 aromatic heterocycles. The van der Waals surface area contributed by atoms with Crippen molar-refractivity contribution in [2.45, 2.75) is 20.4 Å². The highest BCUT2D eigenvalue weighted by Crippen LogP contribution is 2.23. The van der Waals surface area contributed by atoms with E-state index in [2.05, 4.69) is 36.5 Å². The van der Waals surface area contributed by atoms with E-state index >= 15 is 0 Å². The number of nitrogens with zero attached hydrogens (tertiary/aromatic N) is 3. The number of hydrogen-bond acceptors (Lipinski definition) is 3. The lowest BCUT2D eigenvalue weighted by Crippen LogP contribution is -2.14. The van der Waals surface area contributed by atoms with Crippen LogP contribution in [0.25, 0.3) is 0 Å². The molecule has 1 amide bonds. The van der Waals surface area contributed by atoms with Crippen molar-refractivity contribution < 1.29 is 4.79 Å². The maximum Gasteiger partial charge on any atom is 0.274 e. The smallest absolute Gasteiger partial charge is 0.274 e. The van der Waals surface area contributed by atoms with Crippen LogP contribution in [0.5, 0.6) is 0 Å². The van der Waals surface area contributed by atoms with Crippen LogP contribution < -0.4 is 5.32 Å². The number of amides is 1. The lowest BCUT2D eigenvalue weighted by atomic mass is 10.2. The van der Waals surface area contributed by atoms with Gasteiger partial charge >= 0.3 is 0 Å². The number of halogens is 2. The molecule has 0 saturated heterocycles. The molecule has 0 aliphatic rings. The minimum absolute atomic E-state index is 0.267. The van der Waals surface area contributed by atoms with Gasteiger partial charge in [-0.15, -0.1) is 0 Å². The summed E-state index contributed by atoms with van der Waals surface area (Å²) in [7, 11) is 0. The van der Waals surface area contributed by atoms with Crippen molar-refractivity contribution >= 4 is 39.1 Å². The molecule has 2 N–H and O–H groups in total. The molecule has 0 radical (unpaired) electrons. The third-order valence-corrected chi connectivity index (χ3v) is 4.54. The van der Waals surface area contributed by atoms with Gasteiger partial charge in [0.2, 0.25) is 0 Å². The number of aromatic nitrogens is 4. The fraction of sp³-hybridized carbons (Fsp3) is 0.188. The van der Waals surface area contributed by atoms with Crippen molar-refractivity contribution in [1.29, 1.82) is 0 Å². The van der Waals surface area contributed by atoms with E-state index in [0.29, 0.717) is 27.4 Å². The van der Waals surface area contributed by atoms with Crippen LogP contribution in [0.3, 0.4) is 0 Å². The number of aromatic amines is 1. The molecular weight excluding hydrogens is 394 g/mol. The molecule has 0 unspecified atom stereocenters. The number of benzene rings is 1. The van der Waals surface area contributed by atoms with Crippen LogP contribution in [-0.4, -0.2) is 25.9 Å². The van der Waals surface area contributed by atoms with Gasteiger partial charge in [0.1, 0.15) is 5.69 Å². The van der Waals surface area contributed by atoms with Crippen molar-refractivity contribution in [3.63, 3.8) is 0 Å². The second-order valence-electron chi connectivity index (χ2n) is 5.38. The number of nitrogens with one attached hydrogen (secondary N) is 2. The Kier molecular flexibility index (Phi) is 4.73. The quantitative estimate of drug-likeness (QED) is 0.686. The highest BCUT2D eigenvalue weighted by atomic mass is 79.9. The first-order valence-electron chi connectivity index (χ1n) is 7.24. The molecule has 0 aliphatic heterocycles. The largest absolute Gasteiger partial charge is 0.317 e. The van der Waals surface area contributed by atoms with Crippen LogP contribution >= 0.6 is 27.5 Å². The summed E-state index contributed by atoms with van der Waals surface area (Å²) < 4.78 is 2.47. The molecule has 0 fully saturated rings. The van der Waals surface area contributed by atoms with Gasteiger partial charge in [-0.25, -0.2) is 0 Å². The Morgan fingerprint density at radius 2 is 2.04 bits per heavy atom. The van der Waals surface area contributed by atoms with Gasteiger partial charge in [-0.05, 0) is 47.5 Å². The molecule has 0 spiro atoms. The second-order valence-corrected chi connectivity index (χ2v) is 6.67. The van der Waals surface area contributed by atoms with Crippen LogP contribution in [0.1, 0.15) is 27.4 Å². The molecule has 3 rings (SSSR count). The zero-order valence-electron chi connectivity index (χ0n) is 13.1. The summed E-state index contributed by atoms with van der Waals surface area (Å²) in [6, 6.07) is 7.61. The molecule has 0 aliphatic carbocycles. The molecule has 1 aromatic carbocycles. The number of H-pyrrole nitrogens is 1. The monoisotopic (exact) mass is 407 g/mol. The molecule has 24 heavy (non-hydrogen) atoms. The predicted octanol–water partition coefficient (Wildman–Crippen LogP) is 3.94. The normalized spacial score (nSPS) is 10.8. The molecule has 0 saturated carbocycles. The van der Waals surface area contributed by atoms with Crippen molar-refractivity contribution in [3.8, 4) is 0 Å². The topological polar surface area (TPSA) is 75.6 Å². The van der Waals surface area contributed by atoms with Crippen LogP contribution in [0.4, 0.5) is 5.69 Å². The lowest BCUT2D eigenvalue weighted by molar-refractivity contribution is 0.102. The Morgan fingerprint density at radius 3 is 2.67 bits per heavy atom. The number of carbonyl (C=O) groups excluding carboxylic acids is 1. The van der Waals surface area contributed by atoms with E-state index in [0.717, 1.165) is 17.0 Å². The highest BCUT2D eigenvalue weighted by molar-refractivity contribution is 9.10. The van der Waals surface area contributed by atoms with Crippen molar-refractivity contribution in [3.05, 3.63) is 62.6 Å². The molecule has 6 nitrogen and oxygen atoms in total. The Morgan fingerprint density at radius 1 is 1.33 bits per heavy atom. The summed E-state index contributed by atoms with van der Waals surface area (Å²) in [5.74, 6) is -0.267. The summed E-state index contributed by atoms with van der Waals surface area (Å²) in [5, 5.41) is 14.6. The SMILES string of the molecule is Cc1nn(Cc2ccc(Cl)cc2)c(C)c1NC(=O)c1[nH]ncc1Br. The van der Waals surface area contributed by atoms with E-state index in [1.807, 2.05) is 42.8 Å². The highest BCUT2D eigenvalue weighted by Gasteiger charge is 2.18. The van der Waals surface area contributed by atoms with Crippen LogP contribution in [0.15, 0.2) is 34.9 Å². The van der Waals surface area contributed by atoms with Gasteiger partial charge in [0.05, 0.1) is 34.3 Å². The minimum atomic E-state index is -0.267. The summed E-state index contributed by atoms with van der Waals surface area (Å²) in [6.07, 6.45) is 1.54. The van der Waals surface area contributed by atoms with Crippen LogP contribution in [0, 0.1) is 13.8 Å². The summed E-state index contributed by atoms with van der Waals surface area (Å²) in [5.41, 5.74) is 3.80. The molecule has 2 heterocycles. The fourth-order valence-electron chi connectivity index (χ4n) is 2.40. The average molecular weight is 409 g/mol. The van der Waals surface area contributed by atoms with Gasteiger partial charge in [-0.2, -0.15) is 10.2 Å². The molecule has 3 aromatic rings. The minimum Gasteiger partial charge on any atom is -0.317 e. The first kappa shape index (κ1) is 16.7. The van der Waals surface area contributed by atoms with E-state index < -0.39 is 0 Å².